The molecular formula is C17H17ClN4O5S. The number of ether oxygens (including phenoxy) is 1. The molecule has 1 N–H and O–H groups in total. The molecule has 0 saturated carbocycles. The van der Waals surface area contributed by atoms with Gasteiger partial charge in [-0.1, -0.05) is 29.8 Å². The molecule has 11 heteroatoms. The highest BCUT2D eigenvalue weighted by atomic mass is 35.5. The van der Waals surface area contributed by atoms with Crippen molar-refractivity contribution in [3.8, 4) is 0 Å². The number of rotatable bonds is 6. The minimum atomic E-state index is -3.84. The van der Waals surface area contributed by atoms with Crippen molar-refractivity contribution in [1.29, 1.82) is 0 Å². The topological polar surface area (TPSA) is 114 Å². The lowest BCUT2D eigenvalue weighted by molar-refractivity contribution is -0.384. The lowest BCUT2D eigenvalue weighted by atomic mass is 10.2. The Morgan fingerprint density at radius 1 is 1.21 bits per heavy atom. The van der Waals surface area contributed by atoms with E-state index in [2.05, 4.69) is 10.5 Å². The highest BCUT2D eigenvalue weighted by Gasteiger charge is 2.28. The van der Waals surface area contributed by atoms with Crippen LogP contribution < -0.4 is 5.43 Å². The molecule has 28 heavy (non-hydrogen) atoms. The zero-order valence-corrected chi connectivity index (χ0v) is 16.2. The number of halogens is 1. The fraction of sp³-hybridized carbons (Fsp3) is 0.235. The molecule has 1 fully saturated rings. The Labute approximate surface area is 166 Å². The summed E-state index contributed by atoms with van der Waals surface area (Å²) < 4.78 is 31.8. The van der Waals surface area contributed by atoms with E-state index in [4.69, 9.17) is 16.3 Å². The fourth-order valence-electron chi connectivity index (χ4n) is 2.60. The Kier molecular flexibility index (Phi) is 6.25. The zero-order valence-electron chi connectivity index (χ0n) is 14.6. The van der Waals surface area contributed by atoms with Crippen molar-refractivity contribution in [2.24, 2.45) is 5.10 Å². The van der Waals surface area contributed by atoms with Crippen LogP contribution in [0.4, 0.5) is 11.4 Å². The fourth-order valence-corrected chi connectivity index (χ4v) is 4.22. The van der Waals surface area contributed by atoms with Gasteiger partial charge in [0.2, 0.25) is 10.0 Å². The third-order valence-electron chi connectivity index (χ3n) is 4.07. The first-order valence-electron chi connectivity index (χ1n) is 8.29. The Morgan fingerprint density at radius 3 is 2.61 bits per heavy atom. The largest absolute Gasteiger partial charge is 0.379 e. The van der Waals surface area contributed by atoms with Crippen LogP contribution in [-0.2, 0) is 14.8 Å². The Bertz CT molecular complexity index is 1010. The van der Waals surface area contributed by atoms with Gasteiger partial charge >= 0.3 is 0 Å². The van der Waals surface area contributed by atoms with Crippen LogP contribution in [0.3, 0.4) is 0 Å². The molecule has 0 unspecified atom stereocenters. The number of hydrogen-bond donors (Lipinski definition) is 1. The molecule has 0 bridgehead atoms. The van der Waals surface area contributed by atoms with Gasteiger partial charge in [0.25, 0.3) is 5.69 Å². The van der Waals surface area contributed by atoms with Crippen LogP contribution in [0.2, 0.25) is 5.02 Å². The molecule has 2 aromatic carbocycles. The van der Waals surface area contributed by atoms with Gasteiger partial charge in [-0.25, -0.2) is 8.42 Å². The number of nitrogens with zero attached hydrogens (tertiary/aromatic N) is 3. The van der Waals surface area contributed by atoms with Gasteiger partial charge in [-0.05, 0) is 18.2 Å². The van der Waals surface area contributed by atoms with Gasteiger partial charge in [-0.2, -0.15) is 9.41 Å². The first kappa shape index (κ1) is 20.2. The molecule has 0 amide bonds. The van der Waals surface area contributed by atoms with Gasteiger partial charge in [0.05, 0.1) is 29.2 Å². The number of hydrazone groups is 1. The summed E-state index contributed by atoms with van der Waals surface area (Å²) in [5, 5.41) is 15.9. The van der Waals surface area contributed by atoms with E-state index in [0.29, 0.717) is 10.6 Å². The molecule has 0 spiro atoms. The quantitative estimate of drug-likeness (QED) is 0.433. The van der Waals surface area contributed by atoms with E-state index in [0.717, 1.165) is 6.07 Å². The molecule has 1 aliphatic rings. The van der Waals surface area contributed by atoms with Gasteiger partial charge in [0, 0.05) is 29.7 Å². The van der Waals surface area contributed by atoms with Crippen LogP contribution in [0.25, 0.3) is 0 Å². The third kappa shape index (κ3) is 4.47. The molecule has 9 nitrogen and oxygen atoms in total. The number of anilines is 1. The van der Waals surface area contributed by atoms with Gasteiger partial charge in [-0.15, -0.1) is 0 Å². The molecule has 1 heterocycles. The van der Waals surface area contributed by atoms with Gasteiger partial charge in [0.15, 0.2) is 0 Å². The standard InChI is InChI=1S/C17H17ClN4O5S/c18-15-4-2-1-3-13(15)12-19-20-16-6-5-14(11-17(16)22(23)24)28(25,26)21-7-9-27-10-8-21/h1-6,11-12,20H,7-10H2/b19-12+. The lowest BCUT2D eigenvalue weighted by Crippen LogP contribution is -2.40. The predicted molar refractivity (Wildman–Crippen MR) is 105 cm³/mol. The Morgan fingerprint density at radius 2 is 1.93 bits per heavy atom. The predicted octanol–water partition coefficient (Wildman–Crippen LogP) is 2.72. The second-order valence-corrected chi connectivity index (χ2v) is 8.19. The molecule has 0 radical (unpaired) electrons. The SMILES string of the molecule is O=[N+]([O-])c1cc(S(=O)(=O)N2CCOCC2)ccc1N/N=C/c1ccccc1Cl. The average molecular weight is 425 g/mol. The van der Waals surface area contributed by atoms with Crippen molar-refractivity contribution >= 4 is 39.2 Å². The van der Waals surface area contributed by atoms with E-state index in [9.17, 15) is 18.5 Å². The summed E-state index contributed by atoms with van der Waals surface area (Å²) in [6.45, 7) is 0.992. The number of nitro benzene ring substituents is 1. The van der Waals surface area contributed by atoms with Crippen LogP contribution >= 0.6 is 11.6 Å². The minimum Gasteiger partial charge on any atom is -0.379 e. The smallest absolute Gasteiger partial charge is 0.295 e. The third-order valence-corrected chi connectivity index (χ3v) is 6.31. The molecule has 2 aromatic rings. The second-order valence-electron chi connectivity index (χ2n) is 5.84. The molecule has 0 aliphatic carbocycles. The van der Waals surface area contributed by atoms with Crippen LogP contribution in [0.5, 0.6) is 0 Å². The van der Waals surface area contributed by atoms with Crippen molar-refractivity contribution in [1.82, 2.24) is 4.31 Å². The molecule has 0 aromatic heterocycles. The zero-order chi connectivity index (χ0) is 20.1. The van der Waals surface area contributed by atoms with Crippen molar-refractivity contribution < 1.29 is 18.1 Å². The first-order valence-corrected chi connectivity index (χ1v) is 10.1. The number of nitrogens with one attached hydrogen (secondary N) is 1. The summed E-state index contributed by atoms with van der Waals surface area (Å²) in [4.78, 5) is 10.6. The summed E-state index contributed by atoms with van der Waals surface area (Å²) in [5.74, 6) is 0. The van der Waals surface area contributed by atoms with E-state index in [1.807, 2.05) is 0 Å². The van der Waals surface area contributed by atoms with Crippen LogP contribution in [0, 0.1) is 10.1 Å². The van der Waals surface area contributed by atoms with Crippen molar-refractivity contribution in [3.05, 3.63) is 63.2 Å². The summed E-state index contributed by atoms with van der Waals surface area (Å²) >= 11 is 6.02. The number of benzene rings is 2. The number of nitro groups is 1. The molecule has 148 valence electrons. The second kappa shape index (κ2) is 8.65. The molecule has 1 saturated heterocycles. The Balaban J connectivity index is 1.85. The minimum absolute atomic E-state index is 0.0641. The van der Waals surface area contributed by atoms with Gasteiger partial charge < -0.3 is 4.74 Å². The summed E-state index contributed by atoms with van der Waals surface area (Å²) in [7, 11) is -3.84. The van der Waals surface area contributed by atoms with E-state index < -0.39 is 20.6 Å². The van der Waals surface area contributed by atoms with Crippen molar-refractivity contribution in [3.63, 3.8) is 0 Å². The number of sulfonamides is 1. The maximum Gasteiger partial charge on any atom is 0.295 e. The first-order chi connectivity index (χ1) is 13.4. The van der Waals surface area contributed by atoms with Gasteiger partial charge in [0.1, 0.15) is 5.69 Å². The monoisotopic (exact) mass is 424 g/mol. The molecular weight excluding hydrogens is 408 g/mol. The van der Waals surface area contributed by atoms with Crippen LogP contribution in [-0.4, -0.2) is 50.2 Å². The van der Waals surface area contributed by atoms with Crippen molar-refractivity contribution in [2.45, 2.75) is 4.90 Å². The highest BCUT2D eigenvalue weighted by Crippen LogP contribution is 2.29. The maximum absolute atomic E-state index is 12.7. The maximum atomic E-state index is 12.7. The summed E-state index contributed by atoms with van der Waals surface area (Å²) in [6, 6.07) is 10.6. The molecule has 0 atom stereocenters. The highest BCUT2D eigenvalue weighted by molar-refractivity contribution is 7.89. The average Bonchev–Trinajstić information content (AvgIpc) is 2.70. The number of hydrogen-bond acceptors (Lipinski definition) is 7. The van der Waals surface area contributed by atoms with Crippen molar-refractivity contribution in [2.75, 3.05) is 31.7 Å². The summed E-state index contributed by atoms with van der Waals surface area (Å²) in [6.07, 6.45) is 1.42. The Hall–Kier alpha value is -2.53. The molecule has 1 aliphatic heterocycles. The van der Waals surface area contributed by atoms with Crippen LogP contribution in [0.15, 0.2) is 52.5 Å². The summed E-state index contributed by atoms with van der Waals surface area (Å²) in [5.41, 5.74) is 2.87. The van der Waals surface area contributed by atoms with E-state index >= 15 is 0 Å². The normalized spacial score (nSPS) is 15.6. The van der Waals surface area contributed by atoms with Gasteiger partial charge in [-0.3, -0.25) is 15.5 Å². The number of morpholine rings is 1. The lowest BCUT2D eigenvalue weighted by Gasteiger charge is -2.26. The van der Waals surface area contributed by atoms with Crippen LogP contribution in [0.1, 0.15) is 5.56 Å². The molecule has 3 rings (SSSR count). The van der Waals surface area contributed by atoms with E-state index in [1.165, 1.54) is 22.7 Å². The van der Waals surface area contributed by atoms with E-state index in [1.54, 1.807) is 24.3 Å². The van der Waals surface area contributed by atoms with E-state index in [-0.39, 0.29) is 36.9 Å².